The largest absolute Gasteiger partial charge is 0.496 e. The SMILES string of the molecule is COc1ccccc1C1CNCCN1C(=O)c1cnc(C)s1. The lowest BCUT2D eigenvalue weighted by Crippen LogP contribution is -2.48. The summed E-state index contributed by atoms with van der Waals surface area (Å²) in [7, 11) is 1.66. The number of methoxy groups -OCH3 is 1. The molecule has 1 fully saturated rings. The average molecular weight is 317 g/mol. The van der Waals surface area contributed by atoms with Crippen LogP contribution in [0.2, 0.25) is 0 Å². The summed E-state index contributed by atoms with van der Waals surface area (Å²) >= 11 is 1.44. The number of nitrogens with zero attached hydrogens (tertiary/aromatic N) is 2. The maximum absolute atomic E-state index is 12.8. The molecule has 1 aliphatic heterocycles. The number of ether oxygens (including phenoxy) is 1. The molecule has 1 N–H and O–H groups in total. The van der Waals surface area contributed by atoms with Crippen molar-refractivity contribution < 1.29 is 9.53 Å². The molecule has 0 aliphatic carbocycles. The molecule has 116 valence electrons. The van der Waals surface area contributed by atoms with Gasteiger partial charge < -0.3 is 15.0 Å². The Balaban J connectivity index is 1.93. The molecular formula is C16H19N3O2S. The molecule has 1 unspecified atom stereocenters. The Bertz CT molecular complexity index is 671. The first kappa shape index (κ1) is 15.0. The van der Waals surface area contributed by atoms with Crippen molar-refractivity contribution in [1.82, 2.24) is 15.2 Å². The Morgan fingerprint density at radius 3 is 3.00 bits per heavy atom. The number of carbonyl (C=O) groups is 1. The molecular weight excluding hydrogens is 298 g/mol. The summed E-state index contributed by atoms with van der Waals surface area (Å²) < 4.78 is 5.46. The van der Waals surface area contributed by atoms with Gasteiger partial charge in [0.15, 0.2) is 0 Å². The number of benzene rings is 1. The zero-order chi connectivity index (χ0) is 15.5. The molecule has 1 aliphatic rings. The molecule has 5 nitrogen and oxygen atoms in total. The highest BCUT2D eigenvalue weighted by molar-refractivity contribution is 7.13. The number of aryl methyl sites for hydroxylation is 1. The van der Waals surface area contributed by atoms with Crippen LogP contribution < -0.4 is 10.1 Å². The van der Waals surface area contributed by atoms with Crippen LogP contribution in [0.25, 0.3) is 0 Å². The molecule has 1 aromatic carbocycles. The Morgan fingerprint density at radius 2 is 2.27 bits per heavy atom. The summed E-state index contributed by atoms with van der Waals surface area (Å²) in [5, 5.41) is 4.27. The number of para-hydroxylation sites is 1. The van der Waals surface area contributed by atoms with Crippen molar-refractivity contribution in [2.75, 3.05) is 26.7 Å². The Morgan fingerprint density at radius 1 is 1.45 bits per heavy atom. The molecule has 6 heteroatoms. The number of thiazole rings is 1. The summed E-state index contributed by atoms with van der Waals surface area (Å²) in [6, 6.07) is 7.85. The Kier molecular flexibility index (Phi) is 4.40. The fourth-order valence-electron chi connectivity index (χ4n) is 2.77. The molecule has 2 heterocycles. The van der Waals surface area contributed by atoms with Crippen molar-refractivity contribution in [3.8, 4) is 5.75 Å². The van der Waals surface area contributed by atoms with Gasteiger partial charge in [-0.3, -0.25) is 4.79 Å². The second-order valence-corrected chi connectivity index (χ2v) is 6.44. The van der Waals surface area contributed by atoms with Crippen molar-refractivity contribution in [2.45, 2.75) is 13.0 Å². The average Bonchev–Trinajstić information content (AvgIpc) is 3.00. The van der Waals surface area contributed by atoms with Crippen molar-refractivity contribution in [3.63, 3.8) is 0 Å². The zero-order valence-electron chi connectivity index (χ0n) is 12.7. The molecule has 0 radical (unpaired) electrons. The normalized spacial score (nSPS) is 18.3. The van der Waals surface area contributed by atoms with Crippen LogP contribution in [0.5, 0.6) is 5.75 Å². The van der Waals surface area contributed by atoms with Gasteiger partial charge in [-0.1, -0.05) is 18.2 Å². The highest BCUT2D eigenvalue weighted by Crippen LogP contribution is 2.31. The third kappa shape index (κ3) is 2.84. The van der Waals surface area contributed by atoms with E-state index in [1.54, 1.807) is 13.3 Å². The van der Waals surface area contributed by atoms with Crippen molar-refractivity contribution >= 4 is 17.2 Å². The Hall–Kier alpha value is -1.92. The van der Waals surface area contributed by atoms with E-state index in [0.29, 0.717) is 11.4 Å². The fraction of sp³-hybridized carbons (Fsp3) is 0.375. The molecule has 22 heavy (non-hydrogen) atoms. The van der Waals surface area contributed by atoms with E-state index in [2.05, 4.69) is 10.3 Å². The minimum absolute atomic E-state index is 0.0280. The van der Waals surface area contributed by atoms with E-state index in [-0.39, 0.29) is 11.9 Å². The monoisotopic (exact) mass is 317 g/mol. The highest BCUT2D eigenvalue weighted by atomic mass is 32.1. The van der Waals surface area contributed by atoms with Gasteiger partial charge in [0, 0.05) is 25.2 Å². The number of rotatable bonds is 3. The van der Waals surface area contributed by atoms with E-state index >= 15 is 0 Å². The number of piperazine rings is 1. The van der Waals surface area contributed by atoms with Crippen molar-refractivity contribution in [3.05, 3.63) is 45.9 Å². The van der Waals surface area contributed by atoms with E-state index in [0.717, 1.165) is 29.4 Å². The summed E-state index contributed by atoms with van der Waals surface area (Å²) in [6.07, 6.45) is 1.67. The van der Waals surface area contributed by atoms with E-state index < -0.39 is 0 Å². The maximum Gasteiger partial charge on any atom is 0.266 e. The number of hydrogen-bond acceptors (Lipinski definition) is 5. The molecule has 1 atom stereocenters. The highest BCUT2D eigenvalue weighted by Gasteiger charge is 2.31. The van der Waals surface area contributed by atoms with Gasteiger partial charge in [-0.15, -0.1) is 11.3 Å². The van der Waals surface area contributed by atoms with Crippen LogP contribution in [-0.2, 0) is 0 Å². The summed E-state index contributed by atoms with van der Waals surface area (Å²) in [5.74, 6) is 0.859. The number of amides is 1. The third-order valence-electron chi connectivity index (χ3n) is 3.83. The summed E-state index contributed by atoms with van der Waals surface area (Å²) in [6.45, 7) is 4.12. The molecule has 1 aromatic heterocycles. The van der Waals surface area contributed by atoms with Crippen LogP contribution in [0.15, 0.2) is 30.5 Å². The lowest BCUT2D eigenvalue weighted by molar-refractivity contribution is 0.0636. The molecule has 0 bridgehead atoms. The van der Waals surface area contributed by atoms with Gasteiger partial charge in [-0.2, -0.15) is 0 Å². The third-order valence-corrected chi connectivity index (χ3v) is 4.73. The molecule has 0 spiro atoms. The van der Waals surface area contributed by atoms with Crippen molar-refractivity contribution in [2.24, 2.45) is 0 Å². The zero-order valence-corrected chi connectivity index (χ0v) is 13.5. The molecule has 2 aromatic rings. The standard InChI is InChI=1S/C16H19N3O2S/c1-11-18-10-15(22-11)16(20)19-8-7-17-9-13(19)12-5-3-4-6-14(12)21-2/h3-6,10,13,17H,7-9H2,1-2H3. The van der Waals surface area contributed by atoms with Crippen molar-refractivity contribution in [1.29, 1.82) is 0 Å². The summed E-state index contributed by atoms with van der Waals surface area (Å²) in [4.78, 5) is 19.6. The van der Waals surface area contributed by atoms with Crippen LogP contribution in [-0.4, -0.2) is 42.5 Å². The predicted octanol–water partition coefficient (Wildman–Crippen LogP) is 2.25. The van der Waals surface area contributed by atoms with Gasteiger partial charge in [0.1, 0.15) is 10.6 Å². The van der Waals surface area contributed by atoms with Gasteiger partial charge in [0.05, 0.1) is 24.4 Å². The van der Waals surface area contributed by atoms with Gasteiger partial charge in [-0.25, -0.2) is 4.98 Å². The molecule has 1 amide bonds. The lowest BCUT2D eigenvalue weighted by Gasteiger charge is -2.36. The van der Waals surface area contributed by atoms with Crippen LogP contribution >= 0.6 is 11.3 Å². The second-order valence-electron chi connectivity index (χ2n) is 5.20. The van der Waals surface area contributed by atoms with Gasteiger partial charge in [0.25, 0.3) is 5.91 Å². The fourth-order valence-corrected chi connectivity index (χ4v) is 3.50. The predicted molar refractivity (Wildman–Crippen MR) is 86.5 cm³/mol. The van der Waals surface area contributed by atoms with Gasteiger partial charge in [0.2, 0.25) is 0 Å². The minimum Gasteiger partial charge on any atom is -0.496 e. The first-order valence-corrected chi connectivity index (χ1v) is 8.09. The quantitative estimate of drug-likeness (QED) is 0.943. The van der Waals surface area contributed by atoms with Gasteiger partial charge >= 0.3 is 0 Å². The van der Waals surface area contributed by atoms with E-state index in [9.17, 15) is 4.79 Å². The first-order valence-electron chi connectivity index (χ1n) is 7.27. The van der Waals surface area contributed by atoms with Crippen LogP contribution in [0, 0.1) is 6.92 Å². The first-order chi connectivity index (χ1) is 10.7. The number of hydrogen-bond donors (Lipinski definition) is 1. The van der Waals surface area contributed by atoms with Crippen LogP contribution in [0.1, 0.15) is 26.3 Å². The number of carbonyl (C=O) groups excluding carboxylic acids is 1. The van der Waals surface area contributed by atoms with Crippen LogP contribution in [0.4, 0.5) is 0 Å². The van der Waals surface area contributed by atoms with E-state index in [4.69, 9.17) is 4.74 Å². The number of nitrogens with one attached hydrogen (secondary N) is 1. The Labute approximate surface area is 133 Å². The van der Waals surface area contributed by atoms with Crippen LogP contribution in [0.3, 0.4) is 0 Å². The molecule has 1 saturated heterocycles. The minimum atomic E-state index is -0.0280. The molecule has 3 rings (SSSR count). The second kappa shape index (κ2) is 6.46. The lowest BCUT2D eigenvalue weighted by atomic mass is 10.0. The topological polar surface area (TPSA) is 54.5 Å². The summed E-state index contributed by atoms with van der Waals surface area (Å²) in [5.41, 5.74) is 1.03. The van der Waals surface area contributed by atoms with E-state index in [1.807, 2.05) is 36.1 Å². The van der Waals surface area contributed by atoms with Gasteiger partial charge in [-0.05, 0) is 13.0 Å². The maximum atomic E-state index is 12.8. The molecule has 0 saturated carbocycles. The smallest absolute Gasteiger partial charge is 0.266 e. The van der Waals surface area contributed by atoms with E-state index in [1.165, 1.54) is 11.3 Å². The number of aromatic nitrogens is 1.